The van der Waals surface area contributed by atoms with Crippen molar-refractivity contribution in [2.24, 2.45) is 5.41 Å². The first-order chi connectivity index (χ1) is 14.6. The van der Waals surface area contributed by atoms with Crippen LogP contribution in [0.25, 0.3) is 0 Å². The number of hydrogen-bond donors (Lipinski definition) is 2. The molecular weight excluding hydrogens is 376 g/mol. The number of hydrogen-bond acceptors (Lipinski definition) is 4. The molecule has 2 saturated heterocycles. The van der Waals surface area contributed by atoms with Gasteiger partial charge < -0.3 is 10.2 Å². The molecule has 7 nitrogen and oxygen atoms in total. The van der Waals surface area contributed by atoms with E-state index in [0.29, 0.717) is 6.04 Å². The number of urea groups is 1. The Bertz CT molecular complexity index is 869. The Hall–Kier alpha value is -2.41. The molecule has 30 heavy (non-hydrogen) atoms. The van der Waals surface area contributed by atoms with Crippen LogP contribution in [0.4, 0.5) is 4.79 Å². The van der Waals surface area contributed by atoms with Gasteiger partial charge in [0.25, 0.3) is 0 Å². The standard InChI is InChI=1S/C23H32N6O/c1-17-24-21(27-26-17)20-13-28(12-18-8-4-2-5-9-18)14-23(20)15-29(16-23)22(30)25-19-10-6-3-7-11-19/h2,4-5,8-9,19-20H,3,6-7,10-16H2,1H3,(H,25,30)(H,24,26,27). The van der Waals surface area contributed by atoms with Crippen LogP contribution in [0.1, 0.15) is 55.2 Å². The van der Waals surface area contributed by atoms with Crippen molar-refractivity contribution in [1.82, 2.24) is 30.3 Å². The van der Waals surface area contributed by atoms with Gasteiger partial charge in [0.2, 0.25) is 0 Å². The fourth-order valence-corrected chi connectivity index (χ4v) is 5.60. The third-order valence-corrected chi connectivity index (χ3v) is 7.13. The van der Waals surface area contributed by atoms with E-state index >= 15 is 0 Å². The summed E-state index contributed by atoms with van der Waals surface area (Å²) in [6.07, 6.45) is 6.00. The minimum Gasteiger partial charge on any atom is -0.335 e. The van der Waals surface area contributed by atoms with Crippen molar-refractivity contribution in [3.8, 4) is 0 Å². The van der Waals surface area contributed by atoms with Gasteiger partial charge in [0, 0.05) is 50.1 Å². The lowest BCUT2D eigenvalue weighted by molar-refractivity contribution is 0.0235. The molecule has 0 radical (unpaired) electrons. The minimum absolute atomic E-state index is 0.0489. The zero-order valence-electron chi connectivity index (χ0n) is 17.8. The smallest absolute Gasteiger partial charge is 0.317 e. The number of H-pyrrole nitrogens is 1. The molecule has 160 valence electrons. The summed E-state index contributed by atoms with van der Waals surface area (Å²) in [5, 5.41) is 10.8. The zero-order chi connectivity index (χ0) is 20.6. The lowest BCUT2D eigenvalue weighted by Crippen LogP contribution is -2.64. The number of aryl methyl sites for hydroxylation is 1. The third kappa shape index (κ3) is 3.83. The second-order valence-electron chi connectivity index (χ2n) is 9.49. The molecular formula is C23H32N6O. The number of benzene rings is 1. The first-order valence-electron chi connectivity index (χ1n) is 11.3. The molecule has 2 aliphatic heterocycles. The topological polar surface area (TPSA) is 77.2 Å². The number of likely N-dealkylation sites (tertiary alicyclic amines) is 2. The quantitative estimate of drug-likeness (QED) is 0.815. The number of nitrogens with one attached hydrogen (secondary N) is 2. The average Bonchev–Trinajstić information content (AvgIpc) is 3.32. The van der Waals surface area contributed by atoms with E-state index in [-0.39, 0.29) is 17.4 Å². The van der Waals surface area contributed by atoms with Gasteiger partial charge in [-0.1, -0.05) is 49.6 Å². The van der Waals surface area contributed by atoms with Crippen molar-refractivity contribution in [2.45, 2.75) is 57.5 Å². The fourth-order valence-electron chi connectivity index (χ4n) is 5.60. The average molecular weight is 409 g/mol. The Morgan fingerprint density at radius 3 is 2.63 bits per heavy atom. The Labute approximate surface area is 178 Å². The summed E-state index contributed by atoms with van der Waals surface area (Å²) in [4.78, 5) is 22.0. The van der Waals surface area contributed by atoms with E-state index in [4.69, 9.17) is 0 Å². The van der Waals surface area contributed by atoms with Crippen LogP contribution in [0.15, 0.2) is 30.3 Å². The van der Waals surface area contributed by atoms with Gasteiger partial charge >= 0.3 is 6.03 Å². The maximum atomic E-state index is 12.8. The molecule has 1 atom stereocenters. The third-order valence-electron chi connectivity index (χ3n) is 7.13. The van der Waals surface area contributed by atoms with Crippen molar-refractivity contribution in [3.63, 3.8) is 0 Å². The number of amides is 2. The molecule has 2 amide bonds. The number of carbonyl (C=O) groups excluding carboxylic acids is 1. The van der Waals surface area contributed by atoms with Crippen LogP contribution >= 0.6 is 0 Å². The normalized spacial score (nSPS) is 24.2. The molecule has 7 heteroatoms. The highest BCUT2D eigenvalue weighted by atomic mass is 16.2. The zero-order valence-corrected chi connectivity index (χ0v) is 17.8. The van der Waals surface area contributed by atoms with Crippen LogP contribution in [0.3, 0.4) is 0 Å². The van der Waals surface area contributed by atoms with E-state index in [1.807, 2.05) is 11.8 Å². The van der Waals surface area contributed by atoms with Gasteiger partial charge in [0.05, 0.1) is 0 Å². The van der Waals surface area contributed by atoms with Crippen LogP contribution in [0.2, 0.25) is 0 Å². The largest absolute Gasteiger partial charge is 0.335 e. The van der Waals surface area contributed by atoms with E-state index < -0.39 is 0 Å². The SMILES string of the molecule is Cc1nc(C2CN(Cc3ccccc3)CC23CN(C(=O)NC2CCCCC2)C3)n[nH]1. The number of nitrogens with zero attached hydrogens (tertiary/aromatic N) is 4. The maximum Gasteiger partial charge on any atom is 0.317 e. The first-order valence-corrected chi connectivity index (χ1v) is 11.3. The van der Waals surface area contributed by atoms with Gasteiger partial charge in [0.15, 0.2) is 5.82 Å². The molecule has 1 unspecified atom stereocenters. The Morgan fingerprint density at radius 1 is 1.17 bits per heavy atom. The molecule has 2 N–H and O–H groups in total. The number of rotatable bonds is 4. The predicted octanol–water partition coefficient (Wildman–Crippen LogP) is 3.06. The lowest BCUT2D eigenvalue weighted by Gasteiger charge is -2.50. The van der Waals surface area contributed by atoms with E-state index in [9.17, 15) is 4.79 Å². The van der Waals surface area contributed by atoms with Crippen LogP contribution in [-0.4, -0.2) is 63.2 Å². The Kier molecular flexibility index (Phi) is 5.23. The number of aromatic amines is 1. The van der Waals surface area contributed by atoms with Gasteiger partial charge in [-0.3, -0.25) is 10.00 Å². The molecule has 2 aromatic rings. The van der Waals surface area contributed by atoms with Crippen LogP contribution < -0.4 is 5.32 Å². The van der Waals surface area contributed by atoms with Gasteiger partial charge in [-0.05, 0) is 25.3 Å². The van der Waals surface area contributed by atoms with Gasteiger partial charge in [0.1, 0.15) is 5.82 Å². The highest BCUT2D eigenvalue weighted by Crippen LogP contribution is 2.48. The van der Waals surface area contributed by atoms with Crippen molar-refractivity contribution in [3.05, 3.63) is 47.5 Å². The van der Waals surface area contributed by atoms with Crippen molar-refractivity contribution in [2.75, 3.05) is 26.2 Å². The molecule has 1 aromatic carbocycles. The molecule has 3 aliphatic rings. The van der Waals surface area contributed by atoms with Crippen molar-refractivity contribution >= 4 is 6.03 Å². The number of carbonyl (C=O) groups is 1. The van der Waals surface area contributed by atoms with E-state index in [2.05, 4.69) is 55.7 Å². The molecule has 1 aromatic heterocycles. The Balaban J connectivity index is 1.27. The van der Waals surface area contributed by atoms with Crippen LogP contribution in [0.5, 0.6) is 0 Å². The summed E-state index contributed by atoms with van der Waals surface area (Å²) in [6, 6.07) is 11.1. The van der Waals surface area contributed by atoms with E-state index in [1.165, 1.54) is 24.8 Å². The van der Waals surface area contributed by atoms with Gasteiger partial charge in [-0.15, -0.1) is 0 Å². The van der Waals surface area contributed by atoms with Crippen molar-refractivity contribution < 1.29 is 4.79 Å². The summed E-state index contributed by atoms with van der Waals surface area (Å²) in [5.41, 5.74) is 1.37. The molecule has 5 rings (SSSR count). The minimum atomic E-state index is 0.0489. The number of aromatic nitrogens is 3. The molecule has 3 heterocycles. The summed E-state index contributed by atoms with van der Waals surface area (Å²) in [6.45, 7) is 6.36. The van der Waals surface area contributed by atoms with Gasteiger partial charge in [-0.25, -0.2) is 9.78 Å². The fraction of sp³-hybridized carbons (Fsp3) is 0.609. The second-order valence-corrected chi connectivity index (χ2v) is 9.49. The monoisotopic (exact) mass is 408 g/mol. The first kappa shape index (κ1) is 19.5. The molecule has 1 saturated carbocycles. The summed E-state index contributed by atoms with van der Waals surface area (Å²) in [5.74, 6) is 2.01. The second kappa shape index (κ2) is 8.02. The summed E-state index contributed by atoms with van der Waals surface area (Å²) >= 11 is 0. The Morgan fingerprint density at radius 2 is 1.93 bits per heavy atom. The van der Waals surface area contributed by atoms with Crippen LogP contribution in [-0.2, 0) is 6.54 Å². The van der Waals surface area contributed by atoms with Crippen molar-refractivity contribution in [1.29, 1.82) is 0 Å². The predicted molar refractivity (Wildman–Crippen MR) is 115 cm³/mol. The van der Waals surface area contributed by atoms with Crippen LogP contribution in [0, 0.1) is 12.3 Å². The summed E-state index contributed by atoms with van der Waals surface area (Å²) in [7, 11) is 0. The summed E-state index contributed by atoms with van der Waals surface area (Å²) < 4.78 is 0. The van der Waals surface area contributed by atoms with E-state index in [0.717, 1.165) is 57.2 Å². The van der Waals surface area contributed by atoms with Gasteiger partial charge in [-0.2, -0.15) is 5.10 Å². The molecule has 0 bridgehead atoms. The molecule has 1 spiro atoms. The van der Waals surface area contributed by atoms with E-state index in [1.54, 1.807) is 0 Å². The molecule has 1 aliphatic carbocycles. The highest BCUT2D eigenvalue weighted by Gasteiger charge is 2.57. The highest BCUT2D eigenvalue weighted by molar-refractivity contribution is 5.75. The maximum absolute atomic E-state index is 12.8. The lowest BCUT2D eigenvalue weighted by atomic mass is 9.71. The molecule has 3 fully saturated rings.